The number of nitrogens with one attached hydrogen (secondary N) is 2. The van der Waals surface area contributed by atoms with Crippen molar-refractivity contribution in [1.29, 1.82) is 0 Å². The number of benzene rings is 2. The summed E-state index contributed by atoms with van der Waals surface area (Å²) in [5.74, 6) is 1.66. The van der Waals surface area contributed by atoms with E-state index in [9.17, 15) is 0 Å². The summed E-state index contributed by atoms with van der Waals surface area (Å²) in [6, 6.07) is 17.7. The summed E-state index contributed by atoms with van der Waals surface area (Å²) in [5, 5.41) is 10.5. The number of rotatable bonds is 5. The van der Waals surface area contributed by atoms with E-state index in [0.29, 0.717) is 11.3 Å². The Kier molecular flexibility index (Phi) is 4.20. The maximum Gasteiger partial charge on any atom is 0.199 e. The molecule has 2 aromatic carbocycles. The predicted molar refractivity (Wildman–Crippen MR) is 89.1 cm³/mol. The highest BCUT2D eigenvalue weighted by Gasteiger charge is 2.07. The van der Waals surface area contributed by atoms with E-state index >= 15 is 0 Å². The largest absolute Gasteiger partial charge is 0.497 e. The van der Waals surface area contributed by atoms with Crippen LogP contribution in [0.3, 0.4) is 0 Å². The Labute approximate surface area is 133 Å². The highest BCUT2D eigenvalue weighted by atomic mass is 32.1. The lowest BCUT2D eigenvalue weighted by atomic mass is 10.3. The van der Waals surface area contributed by atoms with E-state index in [1.807, 2.05) is 59.2 Å². The highest BCUT2D eigenvalue weighted by Crippen LogP contribution is 2.16. The van der Waals surface area contributed by atoms with Crippen molar-refractivity contribution in [2.75, 3.05) is 12.4 Å². The normalized spacial score (nSPS) is 10.4. The maximum atomic E-state index is 5.32. The number of aromatic nitrogens is 3. The number of para-hydroxylation sites is 1. The molecular weight excluding hydrogens is 296 g/mol. The number of nitrogens with zero attached hydrogens (tertiary/aromatic N) is 2. The summed E-state index contributed by atoms with van der Waals surface area (Å²) in [6.07, 6.45) is 0. The van der Waals surface area contributed by atoms with Crippen LogP contribution in [0.15, 0.2) is 54.6 Å². The van der Waals surface area contributed by atoms with E-state index in [-0.39, 0.29) is 0 Å². The predicted octanol–water partition coefficient (Wildman–Crippen LogP) is 3.55. The van der Waals surface area contributed by atoms with Crippen LogP contribution in [0, 0.1) is 4.77 Å². The molecule has 1 heterocycles. The fraction of sp³-hybridized carbons (Fsp3) is 0.125. The Morgan fingerprint density at radius 2 is 1.86 bits per heavy atom. The van der Waals surface area contributed by atoms with Crippen LogP contribution < -0.4 is 10.1 Å². The van der Waals surface area contributed by atoms with Crippen LogP contribution in [-0.2, 0) is 6.54 Å². The molecule has 3 aromatic rings. The Morgan fingerprint density at radius 3 is 2.55 bits per heavy atom. The van der Waals surface area contributed by atoms with Gasteiger partial charge in [0, 0.05) is 11.4 Å². The summed E-state index contributed by atoms with van der Waals surface area (Å²) in [7, 11) is 1.65. The monoisotopic (exact) mass is 312 g/mol. The Balaban J connectivity index is 1.80. The summed E-state index contributed by atoms with van der Waals surface area (Å²) < 4.78 is 7.65. The minimum absolute atomic E-state index is 0.564. The first-order valence-corrected chi connectivity index (χ1v) is 7.28. The zero-order valence-corrected chi connectivity index (χ0v) is 12.9. The van der Waals surface area contributed by atoms with Gasteiger partial charge in [0.25, 0.3) is 0 Å². The van der Waals surface area contributed by atoms with Crippen LogP contribution >= 0.6 is 12.2 Å². The van der Waals surface area contributed by atoms with Gasteiger partial charge in [0.05, 0.1) is 13.7 Å². The molecule has 0 amide bonds. The number of aromatic amines is 1. The molecule has 22 heavy (non-hydrogen) atoms. The molecular formula is C16H16N4OS. The lowest BCUT2D eigenvalue weighted by Crippen LogP contribution is -2.07. The van der Waals surface area contributed by atoms with Crippen LogP contribution in [0.25, 0.3) is 5.69 Å². The zero-order chi connectivity index (χ0) is 15.4. The molecule has 0 unspecified atom stereocenters. The summed E-state index contributed by atoms with van der Waals surface area (Å²) in [5.41, 5.74) is 1.99. The van der Waals surface area contributed by atoms with E-state index in [1.165, 1.54) is 0 Å². The first-order chi connectivity index (χ1) is 10.8. The van der Waals surface area contributed by atoms with Gasteiger partial charge in [-0.25, -0.2) is 0 Å². The Hall–Kier alpha value is -2.60. The molecule has 0 aliphatic carbocycles. The summed E-state index contributed by atoms with van der Waals surface area (Å²) in [4.78, 5) is 0. The number of methoxy groups -OCH3 is 1. The van der Waals surface area contributed by atoms with Gasteiger partial charge in [0.1, 0.15) is 5.75 Å². The van der Waals surface area contributed by atoms with Gasteiger partial charge in [-0.2, -0.15) is 5.10 Å². The molecule has 2 N–H and O–H groups in total. The second-order valence-electron chi connectivity index (χ2n) is 4.70. The van der Waals surface area contributed by atoms with E-state index in [1.54, 1.807) is 7.11 Å². The molecule has 112 valence electrons. The highest BCUT2D eigenvalue weighted by molar-refractivity contribution is 7.71. The molecule has 0 aliphatic heterocycles. The van der Waals surface area contributed by atoms with Crippen LogP contribution in [0.5, 0.6) is 5.75 Å². The van der Waals surface area contributed by atoms with E-state index in [4.69, 9.17) is 17.0 Å². The minimum Gasteiger partial charge on any atom is -0.497 e. The number of ether oxygens (including phenoxy) is 1. The molecule has 5 nitrogen and oxygen atoms in total. The van der Waals surface area contributed by atoms with Gasteiger partial charge in [0.2, 0.25) is 0 Å². The molecule has 0 fully saturated rings. The van der Waals surface area contributed by atoms with Gasteiger partial charge >= 0.3 is 0 Å². The van der Waals surface area contributed by atoms with Crippen molar-refractivity contribution >= 4 is 17.9 Å². The summed E-state index contributed by atoms with van der Waals surface area (Å²) in [6.45, 7) is 0.564. The van der Waals surface area contributed by atoms with Crippen molar-refractivity contribution in [2.24, 2.45) is 0 Å². The number of hydrogen-bond acceptors (Lipinski definition) is 4. The van der Waals surface area contributed by atoms with Gasteiger partial charge in [-0.3, -0.25) is 9.67 Å². The fourth-order valence-electron chi connectivity index (χ4n) is 2.18. The number of H-pyrrole nitrogens is 1. The van der Waals surface area contributed by atoms with Gasteiger partial charge < -0.3 is 10.1 Å². The second-order valence-corrected chi connectivity index (χ2v) is 5.08. The van der Waals surface area contributed by atoms with Crippen molar-refractivity contribution in [3.05, 3.63) is 65.2 Å². The molecule has 0 spiro atoms. The Morgan fingerprint density at radius 1 is 1.14 bits per heavy atom. The van der Waals surface area contributed by atoms with Crippen molar-refractivity contribution in [3.8, 4) is 11.4 Å². The maximum absolute atomic E-state index is 5.32. The lowest BCUT2D eigenvalue weighted by Gasteiger charge is -2.09. The van der Waals surface area contributed by atoms with Crippen LogP contribution in [0.1, 0.15) is 5.82 Å². The molecule has 0 radical (unpaired) electrons. The molecule has 0 bridgehead atoms. The molecule has 6 heteroatoms. The standard InChI is InChI=1S/C16H16N4OS/c1-21-14-9-7-12(8-10-14)17-11-15-18-19-16(22)20(15)13-5-3-2-4-6-13/h2-10,17H,11H2,1H3,(H,19,22). The number of hydrogen-bond donors (Lipinski definition) is 2. The SMILES string of the molecule is COc1ccc(NCc2n[nH]c(=S)n2-c2ccccc2)cc1. The zero-order valence-electron chi connectivity index (χ0n) is 12.1. The van der Waals surface area contributed by atoms with E-state index in [0.717, 1.165) is 22.9 Å². The smallest absolute Gasteiger partial charge is 0.199 e. The lowest BCUT2D eigenvalue weighted by molar-refractivity contribution is 0.415. The fourth-order valence-corrected chi connectivity index (χ4v) is 2.44. The third-order valence-electron chi connectivity index (χ3n) is 3.30. The third-order valence-corrected chi connectivity index (χ3v) is 3.57. The van der Waals surface area contributed by atoms with Crippen LogP contribution in [0.2, 0.25) is 0 Å². The second kappa shape index (κ2) is 6.44. The van der Waals surface area contributed by atoms with Crippen LogP contribution in [-0.4, -0.2) is 21.9 Å². The minimum atomic E-state index is 0.564. The quantitative estimate of drug-likeness (QED) is 0.707. The summed E-state index contributed by atoms with van der Waals surface area (Å²) >= 11 is 5.32. The van der Waals surface area contributed by atoms with Gasteiger partial charge in [0.15, 0.2) is 10.6 Å². The molecule has 0 saturated heterocycles. The van der Waals surface area contributed by atoms with Gasteiger partial charge in [-0.05, 0) is 48.6 Å². The molecule has 1 aromatic heterocycles. The first-order valence-electron chi connectivity index (χ1n) is 6.87. The topological polar surface area (TPSA) is 54.9 Å². The van der Waals surface area contributed by atoms with Gasteiger partial charge in [-0.1, -0.05) is 18.2 Å². The Bertz CT molecular complexity index is 793. The van der Waals surface area contributed by atoms with E-state index in [2.05, 4.69) is 15.5 Å². The average molecular weight is 312 g/mol. The third kappa shape index (κ3) is 3.01. The van der Waals surface area contributed by atoms with Crippen molar-refractivity contribution < 1.29 is 4.74 Å². The molecule has 0 saturated carbocycles. The van der Waals surface area contributed by atoms with E-state index < -0.39 is 0 Å². The van der Waals surface area contributed by atoms with Crippen LogP contribution in [0.4, 0.5) is 5.69 Å². The molecule has 0 atom stereocenters. The average Bonchev–Trinajstić information content (AvgIpc) is 2.95. The molecule has 0 aliphatic rings. The van der Waals surface area contributed by atoms with Gasteiger partial charge in [-0.15, -0.1) is 0 Å². The van der Waals surface area contributed by atoms with Crippen molar-refractivity contribution in [1.82, 2.24) is 14.8 Å². The molecule has 3 rings (SSSR count). The first kappa shape index (κ1) is 14.3. The van der Waals surface area contributed by atoms with Crippen molar-refractivity contribution in [3.63, 3.8) is 0 Å². The van der Waals surface area contributed by atoms with Crippen molar-refractivity contribution in [2.45, 2.75) is 6.54 Å². The number of anilines is 1.